The first kappa shape index (κ1) is 13.9. The highest BCUT2D eigenvalue weighted by atomic mass is 35.5. The summed E-state index contributed by atoms with van der Waals surface area (Å²) in [5.74, 6) is 0.306. The maximum atomic E-state index is 12.2. The monoisotopic (exact) mass is 305 g/mol. The third-order valence-corrected chi connectivity index (χ3v) is 3.75. The zero-order valence-electron chi connectivity index (χ0n) is 11.7. The van der Waals surface area contributed by atoms with Gasteiger partial charge in [-0.2, -0.15) is 0 Å². The number of carbonyl (C=O) groups excluding carboxylic acids is 1. The summed E-state index contributed by atoms with van der Waals surface area (Å²) >= 11 is 6.05. The van der Waals surface area contributed by atoms with E-state index in [0.717, 1.165) is 18.8 Å². The summed E-state index contributed by atoms with van der Waals surface area (Å²) in [7, 11) is 0. The second-order valence-electron chi connectivity index (χ2n) is 5.13. The molecular weight excluding hydrogens is 290 g/mol. The van der Waals surface area contributed by atoms with Gasteiger partial charge in [0.05, 0.1) is 11.4 Å². The number of benzene rings is 1. The molecule has 3 rings (SSSR count). The van der Waals surface area contributed by atoms with Gasteiger partial charge in [0.2, 0.25) is 0 Å². The number of nitrogens with one attached hydrogen (secondary N) is 1. The van der Waals surface area contributed by atoms with Crippen LogP contribution in [0, 0.1) is 6.92 Å². The van der Waals surface area contributed by atoms with Gasteiger partial charge in [-0.15, -0.1) is 0 Å². The first-order valence-corrected chi connectivity index (χ1v) is 7.30. The van der Waals surface area contributed by atoms with E-state index >= 15 is 0 Å². The molecule has 0 atom stereocenters. The number of carbonyl (C=O) groups is 1. The van der Waals surface area contributed by atoms with Crippen LogP contribution in [0.4, 0.5) is 11.4 Å². The average molecular weight is 306 g/mol. The van der Waals surface area contributed by atoms with Crippen molar-refractivity contribution < 1.29 is 9.32 Å². The molecule has 1 aliphatic rings. The van der Waals surface area contributed by atoms with Crippen LogP contribution in [0.15, 0.2) is 28.8 Å². The molecule has 6 heteroatoms. The van der Waals surface area contributed by atoms with Gasteiger partial charge >= 0.3 is 0 Å². The first-order chi connectivity index (χ1) is 10.1. The maximum absolute atomic E-state index is 12.2. The molecule has 1 fully saturated rings. The van der Waals surface area contributed by atoms with Crippen LogP contribution in [-0.2, 0) is 0 Å². The van der Waals surface area contributed by atoms with Crippen molar-refractivity contribution in [3.63, 3.8) is 0 Å². The molecule has 1 saturated heterocycles. The third-order valence-electron chi connectivity index (χ3n) is 3.51. The molecule has 1 aliphatic heterocycles. The Balaban J connectivity index is 1.86. The lowest BCUT2D eigenvalue weighted by Gasteiger charge is -2.21. The minimum Gasteiger partial charge on any atom is -0.370 e. The predicted molar refractivity (Wildman–Crippen MR) is 82.1 cm³/mol. The zero-order chi connectivity index (χ0) is 14.8. The molecule has 0 radical (unpaired) electrons. The molecule has 5 nitrogen and oxygen atoms in total. The maximum Gasteiger partial charge on any atom is 0.277 e. The van der Waals surface area contributed by atoms with Crippen molar-refractivity contribution >= 4 is 28.9 Å². The minimum atomic E-state index is -0.297. The number of hydrogen-bond donors (Lipinski definition) is 1. The Bertz CT molecular complexity index is 663. The molecule has 1 amide bonds. The second kappa shape index (κ2) is 5.77. The van der Waals surface area contributed by atoms with Crippen molar-refractivity contribution in [2.45, 2.75) is 19.8 Å². The summed E-state index contributed by atoms with van der Waals surface area (Å²) in [5.41, 5.74) is 1.96. The zero-order valence-corrected chi connectivity index (χ0v) is 12.5. The smallest absolute Gasteiger partial charge is 0.277 e. The van der Waals surface area contributed by atoms with Gasteiger partial charge in [0, 0.05) is 24.2 Å². The lowest BCUT2D eigenvalue weighted by atomic mass is 10.2. The molecule has 0 unspecified atom stereocenters. The van der Waals surface area contributed by atoms with Gasteiger partial charge in [-0.1, -0.05) is 16.8 Å². The molecule has 1 aromatic carbocycles. The molecule has 110 valence electrons. The lowest BCUT2D eigenvalue weighted by Crippen LogP contribution is -2.21. The van der Waals surface area contributed by atoms with Crippen LogP contribution in [-0.4, -0.2) is 24.2 Å². The van der Waals surface area contributed by atoms with E-state index in [2.05, 4.69) is 15.4 Å². The highest BCUT2D eigenvalue weighted by molar-refractivity contribution is 6.31. The van der Waals surface area contributed by atoms with Crippen LogP contribution < -0.4 is 10.2 Å². The molecule has 1 N–H and O–H groups in total. The van der Waals surface area contributed by atoms with Crippen molar-refractivity contribution in [1.29, 1.82) is 0 Å². The van der Waals surface area contributed by atoms with Gasteiger partial charge in [0.1, 0.15) is 5.76 Å². The number of anilines is 2. The highest BCUT2D eigenvalue weighted by Crippen LogP contribution is 2.31. The van der Waals surface area contributed by atoms with Crippen molar-refractivity contribution in [2.75, 3.05) is 23.3 Å². The Labute approximate surface area is 127 Å². The van der Waals surface area contributed by atoms with Crippen molar-refractivity contribution in [3.8, 4) is 0 Å². The quantitative estimate of drug-likeness (QED) is 0.943. The summed E-state index contributed by atoms with van der Waals surface area (Å²) < 4.78 is 4.93. The van der Waals surface area contributed by atoms with Crippen LogP contribution in [0.2, 0.25) is 5.02 Å². The van der Waals surface area contributed by atoms with Crippen LogP contribution >= 0.6 is 11.6 Å². The Kier molecular flexibility index (Phi) is 3.84. The molecule has 2 heterocycles. The van der Waals surface area contributed by atoms with Gasteiger partial charge in [-0.3, -0.25) is 4.79 Å². The number of aromatic nitrogens is 1. The number of nitrogens with zero attached hydrogens (tertiary/aromatic N) is 2. The van der Waals surface area contributed by atoms with Gasteiger partial charge < -0.3 is 14.7 Å². The first-order valence-electron chi connectivity index (χ1n) is 6.92. The van der Waals surface area contributed by atoms with Crippen LogP contribution in [0.1, 0.15) is 29.1 Å². The van der Waals surface area contributed by atoms with E-state index in [1.807, 2.05) is 12.1 Å². The number of hydrogen-bond acceptors (Lipinski definition) is 4. The summed E-state index contributed by atoms with van der Waals surface area (Å²) in [5, 5.41) is 7.19. The Morgan fingerprint density at radius 1 is 1.33 bits per heavy atom. The number of rotatable bonds is 3. The summed E-state index contributed by atoms with van der Waals surface area (Å²) in [6.07, 6.45) is 2.33. The third kappa shape index (κ3) is 3.03. The van der Waals surface area contributed by atoms with E-state index in [9.17, 15) is 4.79 Å². The van der Waals surface area contributed by atoms with Crippen molar-refractivity contribution in [2.24, 2.45) is 0 Å². The minimum absolute atomic E-state index is 0.264. The fourth-order valence-corrected chi connectivity index (χ4v) is 2.67. The Morgan fingerprint density at radius 2 is 2.10 bits per heavy atom. The Hall–Kier alpha value is -2.01. The normalized spacial score (nSPS) is 14.5. The van der Waals surface area contributed by atoms with Crippen molar-refractivity contribution in [1.82, 2.24) is 5.16 Å². The van der Waals surface area contributed by atoms with Crippen molar-refractivity contribution in [3.05, 3.63) is 40.7 Å². The van der Waals surface area contributed by atoms with E-state index in [4.69, 9.17) is 16.1 Å². The summed E-state index contributed by atoms with van der Waals surface area (Å²) in [6, 6.07) is 7.15. The molecule has 0 aliphatic carbocycles. The molecule has 1 aromatic heterocycles. The van der Waals surface area contributed by atoms with E-state index in [1.54, 1.807) is 19.1 Å². The topological polar surface area (TPSA) is 58.4 Å². The Morgan fingerprint density at radius 3 is 2.76 bits per heavy atom. The number of halogens is 1. The molecule has 2 aromatic rings. The fraction of sp³-hybridized carbons (Fsp3) is 0.333. The van der Waals surface area contributed by atoms with Crippen LogP contribution in [0.5, 0.6) is 0 Å². The summed E-state index contributed by atoms with van der Waals surface area (Å²) in [4.78, 5) is 14.5. The van der Waals surface area contributed by atoms with Crippen LogP contribution in [0.25, 0.3) is 0 Å². The molecule has 0 bridgehead atoms. The van der Waals surface area contributed by atoms with Gasteiger partial charge in [-0.25, -0.2) is 0 Å². The number of amides is 1. The molecular formula is C15H16ClN3O2. The molecule has 0 saturated carbocycles. The molecule has 21 heavy (non-hydrogen) atoms. The predicted octanol–water partition coefficient (Wildman–Crippen LogP) is 3.49. The van der Waals surface area contributed by atoms with Crippen LogP contribution in [0.3, 0.4) is 0 Å². The molecule has 0 spiro atoms. The fourth-order valence-electron chi connectivity index (χ4n) is 2.50. The van der Waals surface area contributed by atoms with E-state index in [-0.39, 0.29) is 11.6 Å². The summed E-state index contributed by atoms with van der Waals surface area (Å²) in [6.45, 7) is 3.74. The lowest BCUT2D eigenvalue weighted by molar-refractivity contribution is 0.101. The standard InChI is InChI=1S/C15H16ClN3O2/c1-10-8-13(18-21-10)15(20)17-12-9-11(16)4-5-14(12)19-6-2-3-7-19/h4-5,8-9H,2-3,6-7H2,1H3,(H,17,20). The average Bonchev–Trinajstić information content (AvgIpc) is 3.10. The van der Waals surface area contributed by atoms with E-state index in [1.165, 1.54) is 12.8 Å². The SMILES string of the molecule is Cc1cc(C(=O)Nc2cc(Cl)ccc2N2CCCC2)no1. The van der Waals surface area contributed by atoms with E-state index in [0.29, 0.717) is 16.5 Å². The highest BCUT2D eigenvalue weighted by Gasteiger charge is 2.19. The van der Waals surface area contributed by atoms with Gasteiger partial charge in [-0.05, 0) is 38.0 Å². The van der Waals surface area contributed by atoms with Gasteiger partial charge in [0.15, 0.2) is 5.69 Å². The number of aryl methyl sites for hydroxylation is 1. The second-order valence-corrected chi connectivity index (χ2v) is 5.57. The van der Waals surface area contributed by atoms with E-state index < -0.39 is 0 Å². The largest absolute Gasteiger partial charge is 0.370 e. The van der Waals surface area contributed by atoms with Gasteiger partial charge in [0.25, 0.3) is 5.91 Å².